The van der Waals surface area contributed by atoms with Crippen molar-refractivity contribution in [3.8, 4) is 0 Å². The molecular formula is C10H22ClCrO11+2. The van der Waals surface area contributed by atoms with Crippen molar-refractivity contribution in [3.63, 3.8) is 0 Å². The molecule has 1 radical (unpaired) electrons. The van der Waals surface area contributed by atoms with E-state index in [0.29, 0.717) is 0 Å². The minimum Gasteiger partial charge on any atom is -0.876 e. The monoisotopic (exact) mass is 405 g/mol. The molecule has 0 saturated carbocycles. The van der Waals surface area contributed by atoms with E-state index in [1.807, 2.05) is 0 Å². The smallest absolute Gasteiger partial charge is 0.876 e. The number of carbonyl (C=O) groups excluding carboxylic acids is 2. The number of rotatable bonds is 2. The first kappa shape index (κ1) is 43.1. The van der Waals surface area contributed by atoms with Gasteiger partial charge in [-0.2, -0.15) is 0 Å². The van der Waals surface area contributed by atoms with Gasteiger partial charge in [0.25, 0.3) is 0 Å². The minimum atomic E-state index is -4.94. The third kappa shape index (κ3) is 155. The summed E-state index contributed by atoms with van der Waals surface area (Å²) in [5, 5.41) is 20.0. The van der Waals surface area contributed by atoms with Gasteiger partial charge >= 0.3 is 17.4 Å². The van der Waals surface area contributed by atoms with Crippen LogP contribution in [0.2, 0.25) is 0 Å². The molecule has 0 unspecified atom stereocenters. The van der Waals surface area contributed by atoms with Crippen molar-refractivity contribution in [1.82, 2.24) is 0 Å². The Hall–Kier alpha value is -1.04. The van der Waals surface area contributed by atoms with Crippen molar-refractivity contribution < 1.29 is 82.5 Å². The summed E-state index contributed by atoms with van der Waals surface area (Å²) in [4.78, 5) is 20.0. The summed E-state index contributed by atoms with van der Waals surface area (Å²) >= 11 is 0. The standard InChI is InChI=1S/2C5H8O2.ClHO4.Cr.3H2O/c2*1-4(6)3-5(2)7;2-1(3,4)5;;;;/h2*3,6H,1-2H3;(H,2,3,4,5);;3*1H2/q;;;+3;;;/p-1/b2*4-3-;;;;;. The van der Waals surface area contributed by atoms with Crippen LogP contribution >= 0.6 is 0 Å². The zero-order valence-electron chi connectivity index (χ0n) is 12.9. The fourth-order valence-corrected chi connectivity index (χ4v) is 0.572. The van der Waals surface area contributed by atoms with Crippen molar-refractivity contribution in [3.05, 3.63) is 23.7 Å². The van der Waals surface area contributed by atoms with Crippen LogP contribution in [-0.4, -0.2) is 17.0 Å². The van der Waals surface area contributed by atoms with E-state index in [0.717, 1.165) is 12.2 Å². The van der Waals surface area contributed by atoms with E-state index in [9.17, 15) is 19.8 Å². The van der Waals surface area contributed by atoms with Crippen LogP contribution in [0.15, 0.2) is 23.7 Å². The van der Waals surface area contributed by atoms with Gasteiger partial charge in [0.15, 0.2) is 11.6 Å². The van der Waals surface area contributed by atoms with E-state index in [1.54, 1.807) is 0 Å². The molecule has 0 aliphatic heterocycles. The zero-order valence-corrected chi connectivity index (χ0v) is 14.9. The van der Waals surface area contributed by atoms with Crippen LogP contribution in [0.1, 0.15) is 27.7 Å². The predicted molar refractivity (Wildman–Crippen MR) is 62.2 cm³/mol. The summed E-state index contributed by atoms with van der Waals surface area (Å²) in [6, 6.07) is 0. The quantitative estimate of drug-likeness (QED) is 0.241. The molecule has 0 atom stereocenters. The SMILES string of the molecule is CC(=O)/C=C(/C)[O-].CC(=O)/C=C(/C)[O-].O.[Cr+3].[O-][Cl+3]([O-])([O-])[O-].[OH3+].[OH3+]. The Bertz CT molecular complexity index is 307. The Morgan fingerprint density at radius 1 is 0.739 bits per heavy atom. The fourth-order valence-electron chi connectivity index (χ4n) is 0.572. The molecule has 0 aliphatic rings. The second kappa shape index (κ2) is 23.2. The van der Waals surface area contributed by atoms with Crippen LogP contribution in [0, 0.1) is 10.2 Å². The van der Waals surface area contributed by atoms with Crippen LogP contribution in [0.4, 0.5) is 0 Å². The summed E-state index contributed by atoms with van der Waals surface area (Å²) in [5.41, 5.74) is 0. The Kier molecular flexibility index (Phi) is 43.5. The van der Waals surface area contributed by atoms with Crippen molar-refractivity contribution in [2.75, 3.05) is 0 Å². The molecule has 0 aliphatic carbocycles. The third-order valence-electron chi connectivity index (χ3n) is 0.813. The molecule has 0 aromatic rings. The maximum atomic E-state index is 9.98. The molecular weight excluding hydrogens is 384 g/mol. The fraction of sp³-hybridized carbons (Fsp3) is 0.400. The minimum absolute atomic E-state index is 0. The first-order valence-electron chi connectivity index (χ1n) is 4.59. The first-order valence-corrected chi connectivity index (χ1v) is 5.82. The normalized spacial score (nSPS) is 9.57. The van der Waals surface area contributed by atoms with E-state index in [2.05, 4.69) is 0 Å². The van der Waals surface area contributed by atoms with Gasteiger partial charge in [-0.15, -0.1) is 21.8 Å². The third-order valence-corrected chi connectivity index (χ3v) is 0.813. The van der Waals surface area contributed by atoms with Gasteiger partial charge in [-0.25, -0.2) is 18.6 Å². The van der Waals surface area contributed by atoms with Crippen LogP contribution in [0.25, 0.3) is 0 Å². The Balaban J connectivity index is -0.0000000311. The van der Waals surface area contributed by atoms with E-state index < -0.39 is 10.2 Å². The number of allylic oxidation sites excluding steroid dienone is 4. The van der Waals surface area contributed by atoms with E-state index in [-0.39, 0.29) is 56.9 Å². The second-order valence-corrected chi connectivity index (χ2v) is 3.87. The first-order chi connectivity index (χ1) is 8.25. The van der Waals surface area contributed by atoms with Crippen LogP contribution in [0.3, 0.4) is 0 Å². The summed E-state index contributed by atoms with van der Waals surface area (Å²) in [5.74, 6) is -0.750. The summed E-state index contributed by atoms with van der Waals surface area (Å²) in [6.07, 6.45) is 2.11. The Morgan fingerprint density at radius 3 is 0.870 bits per heavy atom. The molecule has 0 rings (SSSR count). The molecule has 0 spiro atoms. The number of ketones is 2. The zero-order chi connectivity index (χ0) is 16.2. The van der Waals surface area contributed by atoms with Gasteiger partial charge in [0.05, 0.1) is 0 Å². The van der Waals surface area contributed by atoms with Crippen molar-refractivity contribution in [1.29, 1.82) is 0 Å². The van der Waals surface area contributed by atoms with E-state index in [1.165, 1.54) is 27.7 Å². The Labute approximate surface area is 146 Å². The molecule has 0 bridgehead atoms. The molecule has 0 fully saturated rings. The van der Waals surface area contributed by atoms with Crippen LogP contribution < -0.4 is 28.8 Å². The summed E-state index contributed by atoms with van der Waals surface area (Å²) in [6.45, 7) is 5.39. The largest absolute Gasteiger partial charge is 3.00 e. The molecule has 0 aromatic carbocycles. The number of carbonyl (C=O) groups is 2. The topological polar surface area (TPSA) is 270 Å². The molecule has 0 amide bonds. The van der Waals surface area contributed by atoms with Gasteiger partial charge in [-0.3, -0.25) is 9.59 Å². The molecule has 139 valence electrons. The molecule has 13 heteroatoms. The van der Waals surface area contributed by atoms with Gasteiger partial charge < -0.3 is 26.6 Å². The van der Waals surface area contributed by atoms with Crippen molar-refractivity contribution in [2.24, 2.45) is 0 Å². The number of hydrogen-bond donors (Lipinski definition) is 0. The van der Waals surface area contributed by atoms with Crippen LogP contribution in [-0.2, 0) is 37.9 Å². The van der Waals surface area contributed by atoms with Crippen molar-refractivity contribution >= 4 is 11.6 Å². The van der Waals surface area contributed by atoms with Gasteiger partial charge in [-0.05, 0) is 26.0 Å². The molecule has 0 heterocycles. The van der Waals surface area contributed by atoms with Gasteiger partial charge in [-0.1, -0.05) is 13.8 Å². The molecule has 23 heavy (non-hydrogen) atoms. The maximum Gasteiger partial charge on any atom is 3.00 e. The average molecular weight is 406 g/mol. The Morgan fingerprint density at radius 2 is 0.870 bits per heavy atom. The molecule has 0 saturated heterocycles. The average Bonchev–Trinajstić information content (AvgIpc) is 1.93. The van der Waals surface area contributed by atoms with E-state index >= 15 is 0 Å². The molecule has 0 aromatic heterocycles. The predicted octanol–water partition coefficient (Wildman–Crippen LogP) is -7.75. The van der Waals surface area contributed by atoms with Crippen LogP contribution in [0.5, 0.6) is 0 Å². The summed E-state index contributed by atoms with van der Waals surface area (Å²) in [7, 11) is -4.94. The maximum absolute atomic E-state index is 9.98. The van der Waals surface area contributed by atoms with Gasteiger partial charge in [0, 0.05) is 0 Å². The summed E-state index contributed by atoms with van der Waals surface area (Å²) < 4.78 is 34.0. The van der Waals surface area contributed by atoms with Crippen molar-refractivity contribution in [2.45, 2.75) is 27.7 Å². The molecule has 8 N–H and O–H groups in total. The van der Waals surface area contributed by atoms with Gasteiger partial charge in [0.2, 0.25) is 0 Å². The van der Waals surface area contributed by atoms with E-state index in [4.69, 9.17) is 18.6 Å². The van der Waals surface area contributed by atoms with Gasteiger partial charge in [0.1, 0.15) is 0 Å². The second-order valence-electron chi connectivity index (χ2n) is 3.11. The number of halogens is 1. The number of hydrogen-bond acceptors (Lipinski definition) is 8. The molecule has 11 nitrogen and oxygen atoms in total.